The first-order chi connectivity index (χ1) is 13.1. The predicted octanol–water partition coefficient (Wildman–Crippen LogP) is 3.29. The summed E-state index contributed by atoms with van der Waals surface area (Å²) in [4.78, 5) is 18.6. The molecule has 1 saturated heterocycles. The lowest BCUT2D eigenvalue weighted by atomic mass is 9.97. The van der Waals surface area contributed by atoms with Crippen molar-refractivity contribution in [3.63, 3.8) is 0 Å². The van der Waals surface area contributed by atoms with Crippen LogP contribution in [0.3, 0.4) is 0 Å². The Labute approximate surface area is 163 Å². The molecule has 0 bridgehead atoms. The van der Waals surface area contributed by atoms with E-state index in [0.717, 1.165) is 62.5 Å². The molecule has 0 spiro atoms. The van der Waals surface area contributed by atoms with Gasteiger partial charge in [-0.1, -0.05) is 5.16 Å². The zero-order valence-electron chi connectivity index (χ0n) is 15.8. The Bertz CT molecular complexity index is 875. The number of aryl methyl sites for hydroxylation is 2. The van der Waals surface area contributed by atoms with E-state index in [2.05, 4.69) is 16.1 Å². The van der Waals surface area contributed by atoms with Crippen molar-refractivity contribution in [2.45, 2.75) is 46.2 Å². The van der Waals surface area contributed by atoms with Crippen molar-refractivity contribution in [3.05, 3.63) is 38.4 Å². The Morgan fingerprint density at radius 3 is 3.04 bits per heavy atom. The van der Waals surface area contributed by atoms with Crippen LogP contribution in [0.2, 0.25) is 0 Å². The lowest BCUT2D eigenvalue weighted by Crippen LogP contribution is -2.40. The molecule has 1 atom stereocenters. The zero-order valence-corrected chi connectivity index (χ0v) is 16.6. The Kier molecular flexibility index (Phi) is 5.02. The molecule has 2 aliphatic rings. The first-order valence-electron chi connectivity index (χ1n) is 9.49. The molecule has 0 aliphatic carbocycles. The fraction of sp³-hybridized carbons (Fsp3) is 0.550. The van der Waals surface area contributed by atoms with Crippen LogP contribution in [0, 0.1) is 31.1 Å². The van der Waals surface area contributed by atoms with Gasteiger partial charge in [-0.25, -0.2) is 0 Å². The van der Waals surface area contributed by atoms with Crippen LogP contribution in [0.4, 0.5) is 0 Å². The summed E-state index contributed by atoms with van der Waals surface area (Å²) in [5, 5.41) is 15.2. The maximum atomic E-state index is 13.0. The summed E-state index contributed by atoms with van der Waals surface area (Å²) in [6, 6.07) is 2.32. The van der Waals surface area contributed by atoms with Crippen LogP contribution in [0.1, 0.15) is 50.7 Å². The van der Waals surface area contributed by atoms with Gasteiger partial charge in [0.1, 0.15) is 5.76 Å². The van der Waals surface area contributed by atoms with Crippen molar-refractivity contribution < 1.29 is 9.32 Å². The van der Waals surface area contributed by atoms with E-state index in [9.17, 15) is 10.1 Å². The van der Waals surface area contributed by atoms with Crippen molar-refractivity contribution in [2.24, 2.45) is 5.92 Å². The fourth-order valence-electron chi connectivity index (χ4n) is 4.08. The van der Waals surface area contributed by atoms with E-state index in [1.54, 1.807) is 11.3 Å². The van der Waals surface area contributed by atoms with Crippen LogP contribution in [0.5, 0.6) is 0 Å². The number of carbonyl (C=O) groups is 1. The number of aromatic nitrogens is 1. The SMILES string of the molecule is Cc1noc(C)c1CN1CCc2c(C(=O)N3CCC[C@@H](C#N)C3)csc2C1. The highest BCUT2D eigenvalue weighted by Gasteiger charge is 2.29. The summed E-state index contributed by atoms with van der Waals surface area (Å²) in [7, 11) is 0. The standard InChI is InChI=1S/C20H24N4O2S/c1-13-17(14(2)26-22-13)10-23-7-5-16-18(12-27-19(16)11-23)20(25)24-6-3-4-15(8-21)9-24/h12,15H,3-7,9-11H2,1-2H3/t15-/m0/s1. The topological polar surface area (TPSA) is 73.4 Å². The first-order valence-corrected chi connectivity index (χ1v) is 10.4. The highest BCUT2D eigenvalue weighted by atomic mass is 32.1. The highest BCUT2D eigenvalue weighted by Crippen LogP contribution is 2.31. The second-order valence-electron chi connectivity index (χ2n) is 7.53. The number of carbonyl (C=O) groups excluding carboxylic acids is 1. The molecular weight excluding hydrogens is 360 g/mol. The van der Waals surface area contributed by atoms with Crippen molar-refractivity contribution in [1.29, 1.82) is 5.26 Å². The Balaban J connectivity index is 1.47. The molecule has 4 heterocycles. The van der Waals surface area contributed by atoms with Gasteiger partial charge in [0.2, 0.25) is 0 Å². The van der Waals surface area contributed by atoms with E-state index >= 15 is 0 Å². The van der Waals surface area contributed by atoms with Crippen molar-refractivity contribution in [3.8, 4) is 6.07 Å². The maximum absolute atomic E-state index is 13.0. The van der Waals surface area contributed by atoms with E-state index in [1.165, 1.54) is 16.0 Å². The van der Waals surface area contributed by atoms with Crippen LogP contribution < -0.4 is 0 Å². The van der Waals surface area contributed by atoms with Crippen molar-refractivity contribution in [1.82, 2.24) is 15.0 Å². The normalized spacial score (nSPS) is 20.3. The lowest BCUT2D eigenvalue weighted by molar-refractivity contribution is 0.0697. The number of nitrogens with zero attached hydrogens (tertiary/aromatic N) is 4. The zero-order chi connectivity index (χ0) is 19.0. The van der Waals surface area contributed by atoms with E-state index < -0.39 is 0 Å². The third-order valence-corrected chi connectivity index (χ3v) is 6.72. The fourth-order valence-corrected chi connectivity index (χ4v) is 5.20. The monoisotopic (exact) mass is 384 g/mol. The van der Waals surface area contributed by atoms with Gasteiger partial charge in [-0.2, -0.15) is 5.26 Å². The van der Waals surface area contributed by atoms with Gasteiger partial charge in [-0.05, 0) is 38.7 Å². The number of rotatable bonds is 3. The number of hydrogen-bond donors (Lipinski definition) is 0. The number of amides is 1. The van der Waals surface area contributed by atoms with Crippen LogP contribution in [-0.4, -0.2) is 40.5 Å². The van der Waals surface area contributed by atoms with Crippen LogP contribution in [-0.2, 0) is 19.5 Å². The molecule has 0 aromatic carbocycles. The lowest BCUT2D eigenvalue weighted by Gasteiger charge is -2.31. The molecule has 27 heavy (non-hydrogen) atoms. The minimum atomic E-state index is -0.0253. The molecule has 0 radical (unpaired) electrons. The number of hydrogen-bond acceptors (Lipinski definition) is 6. The smallest absolute Gasteiger partial charge is 0.255 e. The molecule has 0 unspecified atom stereocenters. The first kappa shape index (κ1) is 18.2. The molecule has 7 heteroatoms. The molecule has 142 valence electrons. The molecule has 2 aliphatic heterocycles. The minimum Gasteiger partial charge on any atom is -0.361 e. The number of piperidine rings is 1. The Hall–Kier alpha value is -2.17. The average molecular weight is 385 g/mol. The highest BCUT2D eigenvalue weighted by molar-refractivity contribution is 7.10. The summed E-state index contributed by atoms with van der Waals surface area (Å²) in [5.74, 6) is 0.965. The summed E-state index contributed by atoms with van der Waals surface area (Å²) >= 11 is 1.68. The van der Waals surface area contributed by atoms with Crippen LogP contribution in [0.25, 0.3) is 0 Å². The molecule has 0 N–H and O–H groups in total. The van der Waals surface area contributed by atoms with Crippen molar-refractivity contribution >= 4 is 17.2 Å². The second-order valence-corrected chi connectivity index (χ2v) is 8.50. The molecule has 2 aromatic rings. The predicted molar refractivity (Wildman–Crippen MR) is 102 cm³/mol. The number of fused-ring (bicyclic) bond motifs is 1. The quantitative estimate of drug-likeness (QED) is 0.812. The number of thiophene rings is 1. The van der Waals surface area contributed by atoms with Gasteiger partial charge in [0.25, 0.3) is 5.91 Å². The van der Waals surface area contributed by atoms with Gasteiger partial charge in [-0.3, -0.25) is 9.69 Å². The van der Waals surface area contributed by atoms with Crippen LogP contribution >= 0.6 is 11.3 Å². The van der Waals surface area contributed by atoms with Crippen LogP contribution in [0.15, 0.2) is 9.90 Å². The van der Waals surface area contributed by atoms with Gasteiger partial charge >= 0.3 is 0 Å². The number of likely N-dealkylation sites (tertiary alicyclic amines) is 1. The molecular formula is C20H24N4O2S. The molecule has 4 rings (SSSR count). The maximum Gasteiger partial charge on any atom is 0.255 e. The third kappa shape index (κ3) is 3.52. The summed E-state index contributed by atoms with van der Waals surface area (Å²) < 4.78 is 5.28. The Morgan fingerprint density at radius 1 is 1.44 bits per heavy atom. The van der Waals surface area contributed by atoms with Gasteiger partial charge in [0, 0.05) is 48.5 Å². The average Bonchev–Trinajstić information content (AvgIpc) is 3.25. The van der Waals surface area contributed by atoms with E-state index in [0.29, 0.717) is 6.54 Å². The van der Waals surface area contributed by atoms with E-state index in [-0.39, 0.29) is 11.8 Å². The van der Waals surface area contributed by atoms with Crippen molar-refractivity contribution in [2.75, 3.05) is 19.6 Å². The Morgan fingerprint density at radius 2 is 2.30 bits per heavy atom. The van der Waals surface area contributed by atoms with Gasteiger partial charge < -0.3 is 9.42 Å². The van der Waals surface area contributed by atoms with Gasteiger partial charge in [0.05, 0.1) is 23.2 Å². The third-order valence-electron chi connectivity index (χ3n) is 5.71. The summed E-state index contributed by atoms with van der Waals surface area (Å²) in [6.07, 6.45) is 2.71. The van der Waals surface area contributed by atoms with E-state index in [1.807, 2.05) is 24.1 Å². The second kappa shape index (κ2) is 7.45. The molecule has 6 nitrogen and oxygen atoms in total. The molecule has 1 fully saturated rings. The minimum absolute atomic E-state index is 0.0253. The van der Waals surface area contributed by atoms with Gasteiger partial charge in [-0.15, -0.1) is 11.3 Å². The largest absolute Gasteiger partial charge is 0.361 e. The van der Waals surface area contributed by atoms with Gasteiger partial charge in [0.15, 0.2) is 0 Å². The molecule has 1 amide bonds. The number of nitriles is 1. The summed E-state index contributed by atoms with van der Waals surface area (Å²) in [6.45, 7) is 7.89. The molecule has 2 aromatic heterocycles. The van der Waals surface area contributed by atoms with E-state index in [4.69, 9.17) is 4.52 Å². The summed E-state index contributed by atoms with van der Waals surface area (Å²) in [5.41, 5.74) is 4.18. The molecule has 0 saturated carbocycles.